The Balaban J connectivity index is 4.26. The molecule has 0 aromatic heterocycles. The average molecular weight is 865 g/mol. The van der Waals surface area contributed by atoms with Crippen molar-refractivity contribution in [2.45, 2.75) is 158 Å². The number of urea groups is 2. The third kappa shape index (κ3) is 25.3. The molecule has 0 saturated carbocycles. The molecule has 0 bridgehead atoms. The third-order valence-electron chi connectivity index (χ3n) is 9.25. The van der Waals surface area contributed by atoms with E-state index in [-0.39, 0.29) is 35.7 Å². The second kappa shape index (κ2) is 34.4. The van der Waals surface area contributed by atoms with Crippen LogP contribution in [-0.4, -0.2) is 119 Å². The Morgan fingerprint density at radius 1 is 0.397 bits per heavy atom. The number of hydrogen-bond donors (Lipinski definition) is 6. The lowest BCUT2D eigenvalue weighted by atomic mass is 10.0. The van der Waals surface area contributed by atoms with Gasteiger partial charge in [0.2, 0.25) is 11.8 Å². The molecule has 0 aliphatic heterocycles. The van der Waals surface area contributed by atoms with Crippen molar-refractivity contribution in [3.05, 3.63) is 0 Å². The molecule has 18 heteroatoms. The van der Waals surface area contributed by atoms with Crippen LogP contribution < -0.4 is 31.9 Å². The maximum atomic E-state index is 12.9. The van der Waals surface area contributed by atoms with Crippen molar-refractivity contribution in [3.63, 3.8) is 0 Å². The summed E-state index contributed by atoms with van der Waals surface area (Å²) in [6, 6.07) is -0.804. The maximum Gasteiger partial charge on any atom is 0.500 e. The summed E-state index contributed by atoms with van der Waals surface area (Å²) < 4.78 is 35.2. The van der Waals surface area contributed by atoms with E-state index in [1.54, 1.807) is 0 Å². The third-order valence-corrected chi connectivity index (χ3v) is 15.6. The van der Waals surface area contributed by atoms with E-state index < -0.39 is 29.7 Å². The molecular formula is C40H84N6O10Si2. The van der Waals surface area contributed by atoms with Crippen molar-refractivity contribution in [2.24, 2.45) is 11.8 Å². The first kappa shape index (κ1) is 55.7. The van der Waals surface area contributed by atoms with Crippen LogP contribution in [0.2, 0.25) is 12.1 Å². The van der Waals surface area contributed by atoms with E-state index in [0.29, 0.717) is 90.8 Å². The minimum Gasteiger partial charge on any atom is -0.374 e. The highest BCUT2D eigenvalue weighted by molar-refractivity contribution is 6.61. The van der Waals surface area contributed by atoms with Crippen LogP contribution in [0.3, 0.4) is 0 Å². The summed E-state index contributed by atoms with van der Waals surface area (Å²) in [4.78, 5) is 51.0. The van der Waals surface area contributed by atoms with Gasteiger partial charge in [-0.25, -0.2) is 9.59 Å². The van der Waals surface area contributed by atoms with Gasteiger partial charge in [0.1, 0.15) is 12.1 Å². The van der Waals surface area contributed by atoms with Crippen molar-refractivity contribution < 1.29 is 45.7 Å². The second-order valence-electron chi connectivity index (χ2n) is 14.8. The molecule has 58 heavy (non-hydrogen) atoms. The summed E-state index contributed by atoms with van der Waals surface area (Å²) in [6.07, 6.45) is 9.45. The Bertz CT molecular complexity index is 979. The van der Waals surface area contributed by atoms with E-state index >= 15 is 0 Å². The monoisotopic (exact) mass is 865 g/mol. The van der Waals surface area contributed by atoms with Crippen molar-refractivity contribution in [2.75, 3.05) is 65.8 Å². The van der Waals surface area contributed by atoms with Gasteiger partial charge in [0.25, 0.3) is 0 Å². The highest BCUT2D eigenvalue weighted by atomic mass is 28.4. The fourth-order valence-corrected chi connectivity index (χ4v) is 11.6. The zero-order chi connectivity index (χ0) is 43.7. The Kier molecular flexibility index (Phi) is 33.0. The lowest BCUT2D eigenvalue weighted by Crippen LogP contribution is -2.53. The average Bonchev–Trinajstić information content (AvgIpc) is 3.17. The standard InChI is InChI=1S/C40H84N6O10Si2/c1-11-51-57(52-12-2,53-13-3)31-25-29-43-39(49)45-35(33(7)8)37(47)41-27-23-21-19-17-18-20-22-24-28-42-38(48)36(34(9)10)46-40(50)44-30-26-32-58(54-14-4,55-15-5)56-16-6/h33-36H,11-32H2,1-10H3,(H,41,47)(H,42,48)(H2,43,45,49)(H2,44,46,50)/t35-,36-/m1/s1. The number of unbranched alkanes of at least 4 members (excludes halogenated alkanes) is 7. The normalized spacial score (nSPS) is 13.0. The molecule has 0 fully saturated rings. The fourth-order valence-electron chi connectivity index (χ4n) is 6.42. The molecule has 0 rings (SSSR count). The lowest BCUT2D eigenvalue weighted by molar-refractivity contribution is -0.124. The van der Waals surface area contributed by atoms with Crippen molar-refractivity contribution in [1.29, 1.82) is 0 Å². The number of carbonyl (C=O) groups excluding carboxylic acids is 4. The molecule has 2 atom stereocenters. The molecule has 6 N–H and O–H groups in total. The zero-order valence-electron chi connectivity index (χ0n) is 37.9. The molecule has 0 spiro atoms. The Morgan fingerprint density at radius 2 is 0.655 bits per heavy atom. The molecule has 0 aromatic rings. The number of carbonyl (C=O) groups is 4. The molecule has 0 aliphatic carbocycles. The minimum absolute atomic E-state index is 0.0643. The molecule has 342 valence electrons. The topological polar surface area (TPSA) is 196 Å². The van der Waals surface area contributed by atoms with Crippen LogP contribution in [0.5, 0.6) is 0 Å². The van der Waals surface area contributed by atoms with E-state index in [1.165, 1.54) is 0 Å². The molecule has 0 aliphatic rings. The van der Waals surface area contributed by atoms with Crippen LogP contribution in [-0.2, 0) is 36.1 Å². The minimum atomic E-state index is -2.76. The maximum absolute atomic E-state index is 12.9. The Hall–Kier alpha value is -2.33. The SMILES string of the molecule is CCO[Si](CCCNC(=O)N[C@@H](C(=O)NCCCCCCCCCCNC(=O)[C@H](NC(=O)NCCC[Si](OCC)(OCC)OCC)C(C)C)C(C)C)(OCC)OCC. The number of amides is 6. The van der Waals surface area contributed by atoms with Crippen LogP contribution in [0.1, 0.15) is 133 Å². The molecule has 0 heterocycles. The van der Waals surface area contributed by atoms with Crippen molar-refractivity contribution in [3.8, 4) is 0 Å². The van der Waals surface area contributed by atoms with Gasteiger partial charge in [0.05, 0.1) is 0 Å². The Labute approximate surface area is 353 Å². The van der Waals surface area contributed by atoms with Gasteiger partial charge in [-0.2, -0.15) is 0 Å². The van der Waals surface area contributed by atoms with E-state index in [4.69, 9.17) is 26.6 Å². The van der Waals surface area contributed by atoms with Gasteiger partial charge in [-0.3, -0.25) is 9.59 Å². The van der Waals surface area contributed by atoms with Gasteiger partial charge >= 0.3 is 29.7 Å². The van der Waals surface area contributed by atoms with Gasteiger partial charge in [-0.15, -0.1) is 0 Å². The molecule has 0 radical (unpaired) electrons. The molecule has 0 aromatic carbocycles. The molecule has 0 unspecified atom stereocenters. The van der Waals surface area contributed by atoms with Crippen LogP contribution in [0.25, 0.3) is 0 Å². The molecular weight excluding hydrogens is 781 g/mol. The van der Waals surface area contributed by atoms with Crippen LogP contribution >= 0.6 is 0 Å². The first-order chi connectivity index (χ1) is 27.8. The predicted octanol–water partition coefficient (Wildman–Crippen LogP) is 5.86. The van der Waals surface area contributed by atoms with E-state index in [0.717, 1.165) is 51.4 Å². The number of rotatable bonds is 37. The second-order valence-corrected chi connectivity index (χ2v) is 20.3. The van der Waals surface area contributed by atoms with Crippen molar-refractivity contribution >= 4 is 41.5 Å². The summed E-state index contributed by atoms with van der Waals surface area (Å²) in [7, 11) is -5.53. The summed E-state index contributed by atoms with van der Waals surface area (Å²) in [6.45, 7) is 24.2. The summed E-state index contributed by atoms with van der Waals surface area (Å²) in [5.41, 5.74) is 0. The largest absolute Gasteiger partial charge is 0.500 e. The zero-order valence-corrected chi connectivity index (χ0v) is 39.9. The summed E-state index contributed by atoms with van der Waals surface area (Å²) in [5, 5.41) is 17.3. The van der Waals surface area contributed by atoms with Gasteiger partial charge in [-0.05, 0) is 79.1 Å². The first-order valence-electron chi connectivity index (χ1n) is 22.3. The smallest absolute Gasteiger partial charge is 0.374 e. The number of nitrogens with one attached hydrogen (secondary N) is 6. The molecule has 0 saturated heterocycles. The lowest BCUT2D eigenvalue weighted by Gasteiger charge is -2.28. The molecule has 16 nitrogen and oxygen atoms in total. The highest BCUT2D eigenvalue weighted by Crippen LogP contribution is 2.19. The summed E-state index contributed by atoms with van der Waals surface area (Å²) >= 11 is 0. The van der Waals surface area contributed by atoms with E-state index in [2.05, 4.69) is 31.9 Å². The van der Waals surface area contributed by atoms with E-state index in [1.807, 2.05) is 69.2 Å². The van der Waals surface area contributed by atoms with Crippen LogP contribution in [0.15, 0.2) is 0 Å². The fraction of sp³-hybridized carbons (Fsp3) is 0.900. The van der Waals surface area contributed by atoms with E-state index in [9.17, 15) is 19.2 Å². The Morgan fingerprint density at radius 3 is 0.914 bits per heavy atom. The predicted molar refractivity (Wildman–Crippen MR) is 233 cm³/mol. The van der Waals surface area contributed by atoms with Crippen LogP contribution in [0, 0.1) is 11.8 Å². The van der Waals surface area contributed by atoms with Gasteiger partial charge in [-0.1, -0.05) is 66.2 Å². The summed E-state index contributed by atoms with van der Waals surface area (Å²) in [5.74, 6) is -0.482. The van der Waals surface area contributed by atoms with Crippen molar-refractivity contribution in [1.82, 2.24) is 31.9 Å². The quantitative estimate of drug-likeness (QED) is 0.0325. The van der Waals surface area contributed by atoms with Gasteiger partial charge in [0.15, 0.2) is 0 Å². The van der Waals surface area contributed by atoms with Crippen LogP contribution in [0.4, 0.5) is 9.59 Å². The molecule has 6 amide bonds. The number of hydrogen-bond acceptors (Lipinski definition) is 10. The van der Waals surface area contributed by atoms with Gasteiger partial charge in [0, 0.05) is 77.9 Å². The highest BCUT2D eigenvalue weighted by Gasteiger charge is 2.40. The first-order valence-corrected chi connectivity index (χ1v) is 26.1. The van der Waals surface area contributed by atoms with Gasteiger partial charge < -0.3 is 58.5 Å².